The highest BCUT2D eigenvalue weighted by molar-refractivity contribution is 5.70. The molecule has 0 aromatic carbocycles. The summed E-state index contributed by atoms with van der Waals surface area (Å²) in [6.07, 6.45) is 1.52. The molecule has 0 spiro atoms. The molecule has 2 heterocycles. The maximum Gasteiger partial charge on any atom is 0.308 e. The van der Waals surface area contributed by atoms with E-state index in [0.29, 0.717) is 26.1 Å². The van der Waals surface area contributed by atoms with Gasteiger partial charge in [0.05, 0.1) is 44.1 Å². The lowest BCUT2D eigenvalue weighted by molar-refractivity contribution is -0.148. The Bertz CT molecular complexity index is 421. The van der Waals surface area contributed by atoms with Gasteiger partial charge in [-0.05, 0) is 27.2 Å². The number of aliphatic hydroxyl groups excluding tert-OH is 1. The molecule has 0 aromatic heterocycles. The smallest absolute Gasteiger partial charge is 0.308 e. The number of carbonyl (C=O) groups is 1. The molecule has 0 amide bonds. The zero-order valence-electron chi connectivity index (χ0n) is 14.2. The van der Waals surface area contributed by atoms with Gasteiger partial charge in [-0.1, -0.05) is 6.08 Å². The molecule has 0 bridgehead atoms. The first-order valence-corrected chi connectivity index (χ1v) is 8.28. The highest BCUT2D eigenvalue weighted by atomic mass is 16.7. The highest BCUT2D eigenvalue weighted by Gasteiger charge is 2.46. The number of esters is 1. The van der Waals surface area contributed by atoms with Gasteiger partial charge in [-0.3, -0.25) is 4.79 Å². The Labute approximate surface area is 137 Å². The standard InChI is InChI=1S/C17H28O6/c1-5-7-12-13(9-15(18)20-6-2)22-14(16(12)19)8-11-10-21-17(3,4)23-11/h5,11-14,16,19H,1,6-10H2,2-4H3/t11-,12-,13+,14-,16+/m0/s1. The number of rotatable bonds is 7. The molecule has 0 aliphatic carbocycles. The summed E-state index contributed by atoms with van der Waals surface area (Å²) in [4.78, 5) is 11.7. The fraction of sp³-hybridized carbons (Fsp3) is 0.824. The zero-order valence-corrected chi connectivity index (χ0v) is 14.2. The number of hydrogen-bond donors (Lipinski definition) is 1. The maximum atomic E-state index is 11.7. The molecule has 2 rings (SSSR count). The summed E-state index contributed by atoms with van der Waals surface area (Å²) in [6.45, 7) is 10.0. The van der Waals surface area contributed by atoms with Crippen LogP contribution in [0.2, 0.25) is 0 Å². The lowest BCUT2D eigenvalue weighted by Crippen LogP contribution is -2.31. The first kappa shape index (κ1) is 18.4. The molecule has 6 heteroatoms. The van der Waals surface area contributed by atoms with E-state index >= 15 is 0 Å². The minimum atomic E-state index is -0.653. The fourth-order valence-corrected chi connectivity index (χ4v) is 3.30. The van der Waals surface area contributed by atoms with Gasteiger partial charge >= 0.3 is 5.97 Å². The van der Waals surface area contributed by atoms with Crippen LogP contribution in [0.1, 0.15) is 40.0 Å². The maximum absolute atomic E-state index is 11.7. The van der Waals surface area contributed by atoms with E-state index in [1.165, 1.54) is 0 Å². The van der Waals surface area contributed by atoms with E-state index in [1.807, 2.05) is 13.8 Å². The van der Waals surface area contributed by atoms with Gasteiger partial charge in [0.2, 0.25) is 0 Å². The van der Waals surface area contributed by atoms with Gasteiger partial charge in [-0.25, -0.2) is 0 Å². The fourth-order valence-electron chi connectivity index (χ4n) is 3.30. The molecule has 0 radical (unpaired) electrons. The lowest BCUT2D eigenvalue weighted by atomic mass is 9.90. The predicted octanol–water partition coefficient (Wildman–Crippen LogP) is 1.80. The molecule has 1 N–H and O–H groups in total. The summed E-state index contributed by atoms with van der Waals surface area (Å²) in [5.41, 5.74) is 0. The zero-order chi connectivity index (χ0) is 17.0. The van der Waals surface area contributed by atoms with Crippen molar-refractivity contribution in [3.05, 3.63) is 12.7 Å². The first-order valence-electron chi connectivity index (χ1n) is 8.28. The Morgan fingerprint density at radius 3 is 2.74 bits per heavy atom. The second-order valence-electron chi connectivity index (χ2n) is 6.59. The number of carbonyl (C=O) groups excluding carboxylic acids is 1. The Hall–Kier alpha value is -0.950. The van der Waals surface area contributed by atoms with Crippen molar-refractivity contribution >= 4 is 5.97 Å². The number of ether oxygens (including phenoxy) is 4. The summed E-state index contributed by atoms with van der Waals surface area (Å²) in [5.74, 6) is -1.06. The van der Waals surface area contributed by atoms with Gasteiger partial charge < -0.3 is 24.1 Å². The van der Waals surface area contributed by atoms with E-state index in [9.17, 15) is 9.90 Å². The SMILES string of the molecule is C=CC[C@@H]1[C@@H](O)[C@H](C[C@H]2COC(C)(C)O2)O[C@@H]1CC(=O)OCC. The van der Waals surface area contributed by atoms with Crippen molar-refractivity contribution in [2.75, 3.05) is 13.2 Å². The molecule has 0 unspecified atom stereocenters. The molecule has 6 nitrogen and oxygen atoms in total. The van der Waals surface area contributed by atoms with Crippen LogP contribution in [-0.4, -0.2) is 54.5 Å². The number of aliphatic hydroxyl groups is 1. The van der Waals surface area contributed by atoms with Crippen molar-refractivity contribution < 1.29 is 28.8 Å². The minimum Gasteiger partial charge on any atom is -0.466 e. The summed E-state index contributed by atoms with van der Waals surface area (Å²) >= 11 is 0. The van der Waals surface area contributed by atoms with E-state index in [2.05, 4.69) is 6.58 Å². The average molecular weight is 328 g/mol. The number of hydrogen-bond acceptors (Lipinski definition) is 6. The third kappa shape index (κ3) is 4.76. The van der Waals surface area contributed by atoms with Gasteiger partial charge in [0, 0.05) is 12.3 Å². The molecule has 5 atom stereocenters. The molecule has 23 heavy (non-hydrogen) atoms. The Kier molecular flexibility index (Phi) is 6.19. The van der Waals surface area contributed by atoms with Gasteiger partial charge in [-0.2, -0.15) is 0 Å². The topological polar surface area (TPSA) is 74.2 Å². The molecular formula is C17H28O6. The number of allylic oxidation sites excluding steroid dienone is 1. The van der Waals surface area contributed by atoms with Crippen LogP contribution in [-0.2, 0) is 23.7 Å². The third-order valence-electron chi connectivity index (χ3n) is 4.32. The molecule has 2 aliphatic rings. The molecule has 2 saturated heterocycles. The van der Waals surface area contributed by atoms with Crippen LogP contribution in [0.25, 0.3) is 0 Å². The van der Waals surface area contributed by atoms with Crippen molar-refractivity contribution in [1.82, 2.24) is 0 Å². The second-order valence-corrected chi connectivity index (χ2v) is 6.59. The minimum absolute atomic E-state index is 0.115. The summed E-state index contributed by atoms with van der Waals surface area (Å²) < 4.78 is 22.3. The van der Waals surface area contributed by atoms with Crippen molar-refractivity contribution in [3.63, 3.8) is 0 Å². The van der Waals surface area contributed by atoms with Crippen LogP contribution in [0.3, 0.4) is 0 Å². The van der Waals surface area contributed by atoms with E-state index in [-0.39, 0.29) is 36.6 Å². The molecule has 0 aromatic rings. The van der Waals surface area contributed by atoms with E-state index in [4.69, 9.17) is 18.9 Å². The van der Waals surface area contributed by atoms with E-state index < -0.39 is 11.9 Å². The second kappa shape index (κ2) is 7.75. The van der Waals surface area contributed by atoms with Gasteiger partial charge in [0.15, 0.2) is 5.79 Å². The average Bonchev–Trinajstić information content (AvgIpc) is 2.94. The molecule has 0 saturated carbocycles. The van der Waals surface area contributed by atoms with Crippen molar-refractivity contribution in [2.45, 2.75) is 70.2 Å². The quantitative estimate of drug-likeness (QED) is 0.567. The van der Waals surface area contributed by atoms with Crippen LogP contribution >= 0.6 is 0 Å². The normalized spacial score (nSPS) is 36.1. The largest absolute Gasteiger partial charge is 0.466 e. The highest BCUT2D eigenvalue weighted by Crippen LogP contribution is 2.36. The van der Waals surface area contributed by atoms with E-state index in [0.717, 1.165) is 0 Å². The summed E-state index contributed by atoms with van der Waals surface area (Å²) in [5, 5.41) is 10.6. The summed E-state index contributed by atoms with van der Waals surface area (Å²) in [6, 6.07) is 0. The third-order valence-corrected chi connectivity index (χ3v) is 4.32. The van der Waals surface area contributed by atoms with Crippen molar-refractivity contribution in [3.8, 4) is 0 Å². The Morgan fingerprint density at radius 2 is 2.17 bits per heavy atom. The van der Waals surface area contributed by atoms with Gasteiger partial charge in [0.1, 0.15) is 0 Å². The van der Waals surface area contributed by atoms with Crippen LogP contribution in [0.15, 0.2) is 12.7 Å². The van der Waals surface area contributed by atoms with Crippen molar-refractivity contribution in [2.24, 2.45) is 5.92 Å². The van der Waals surface area contributed by atoms with Crippen molar-refractivity contribution in [1.29, 1.82) is 0 Å². The molecule has 132 valence electrons. The Morgan fingerprint density at radius 1 is 1.43 bits per heavy atom. The predicted molar refractivity (Wildman–Crippen MR) is 83.7 cm³/mol. The Balaban J connectivity index is 1.96. The molecule has 2 fully saturated rings. The first-order chi connectivity index (χ1) is 10.9. The lowest BCUT2D eigenvalue weighted by Gasteiger charge is -2.21. The van der Waals surface area contributed by atoms with Gasteiger partial charge in [0.25, 0.3) is 0 Å². The molecular weight excluding hydrogens is 300 g/mol. The summed E-state index contributed by atoms with van der Waals surface area (Å²) in [7, 11) is 0. The van der Waals surface area contributed by atoms with Gasteiger partial charge in [-0.15, -0.1) is 6.58 Å². The monoisotopic (exact) mass is 328 g/mol. The molecule has 2 aliphatic heterocycles. The van der Waals surface area contributed by atoms with Crippen LogP contribution < -0.4 is 0 Å². The van der Waals surface area contributed by atoms with Crippen LogP contribution in [0, 0.1) is 5.92 Å². The van der Waals surface area contributed by atoms with E-state index in [1.54, 1.807) is 13.0 Å². The van der Waals surface area contributed by atoms with Crippen LogP contribution in [0.4, 0.5) is 0 Å². The van der Waals surface area contributed by atoms with Crippen LogP contribution in [0.5, 0.6) is 0 Å².